The topological polar surface area (TPSA) is 50.4 Å². The summed E-state index contributed by atoms with van der Waals surface area (Å²) in [7, 11) is 0. The zero-order chi connectivity index (χ0) is 9.23. The largest absolute Gasteiger partial charge is 0.466 e. The summed E-state index contributed by atoms with van der Waals surface area (Å²) in [5, 5.41) is 6.44. The van der Waals surface area contributed by atoms with Gasteiger partial charge in [0.15, 0.2) is 0 Å². The Morgan fingerprint density at radius 1 is 1.25 bits per heavy atom. The first-order valence-electron chi connectivity index (χ1n) is 4.32. The molecular formula is C8H18N2O2. The minimum Gasteiger partial charge on any atom is -0.466 e. The van der Waals surface area contributed by atoms with Crippen LogP contribution < -0.4 is 10.6 Å². The van der Waals surface area contributed by atoms with Crippen LogP contribution in [0.25, 0.3) is 0 Å². The Morgan fingerprint density at radius 2 is 1.67 bits per heavy atom. The van der Waals surface area contributed by atoms with Gasteiger partial charge in [-0.3, -0.25) is 4.79 Å². The average Bonchev–Trinajstić information content (AvgIpc) is 2.08. The van der Waals surface area contributed by atoms with E-state index in [1.807, 2.05) is 0 Å². The highest BCUT2D eigenvalue weighted by Crippen LogP contribution is 1.69. The number of piperazine rings is 1. The molecule has 1 rings (SSSR count). The third-order valence-corrected chi connectivity index (χ3v) is 1.30. The second kappa shape index (κ2) is 8.49. The fraction of sp³-hybridized carbons (Fsp3) is 0.875. The first-order valence-corrected chi connectivity index (χ1v) is 4.32. The summed E-state index contributed by atoms with van der Waals surface area (Å²) in [5.74, 6) is -0.211. The highest BCUT2D eigenvalue weighted by molar-refractivity contribution is 5.65. The summed E-state index contributed by atoms with van der Waals surface area (Å²) in [6.45, 7) is 8.21. The van der Waals surface area contributed by atoms with E-state index in [4.69, 9.17) is 0 Å². The Bertz CT molecular complexity index is 102. The number of esters is 1. The van der Waals surface area contributed by atoms with Crippen LogP contribution in [0.4, 0.5) is 0 Å². The quantitative estimate of drug-likeness (QED) is 0.538. The van der Waals surface area contributed by atoms with E-state index in [1.54, 1.807) is 6.92 Å². The van der Waals surface area contributed by atoms with Crippen LogP contribution >= 0.6 is 0 Å². The molecule has 4 nitrogen and oxygen atoms in total. The Balaban J connectivity index is 0.000000202. The third-order valence-electron chi connectivity index (χ3n) is 1.30. The Hall–Kier alpha value is -0.610. The highest BCUT2D eigenvalue weighted by atomic mass is 16.5. The summed E-state index contributed by atoms with van der Waals surface area (Å²) in [5.41, 5.74) is 0. The maximum atomic E-state index is 9.82. The second-order valence-electron chi connectivity index (χ2n) is 2.42. The average molecular weight is 174 g/mol. The van der Waals surface area contributed by atoms with Gasteiger partial charge in [-0.15, -0.1) is 0 Å². The fourth-order valence-electron chi connectivity index (χ4n) is 0.807. The minimum atomic E-state index is -0.211. The monoisotopic (exact) mass is 174 g/mol. The van der Waals surface area contributed by atoms with Crippen molar-refractivity contribution < 1.29 is 9.53 Å². The summed E-state index contributed by atoms with van der Waals surface area (Å²) >= 11 is 0. The van der Waals surface area contributed by atoms with Crippen molar-refractivity contribution in [2.45, 2.75) is 13.8 Å². The first-order chi connectivity index (χ1) is 5.77. The van der Waals surface area contributed by atoms with Gasteiger partial charge in [0.05, 0.1) is 6.61 Å². The van der Waals surface area contributed by atoms with Crippen molar-refractivity contribution in [3.8, 4) is 0 Å². The van der Waals surface area contributed by atoms with E-state index in [0.29, 0.717) is 6.61 Å². The summed E-state index contributed by atoms with van der Waals surface area (Å²) in [4.78, 5) is 9.82. The summed E-state index contributed by atoms with van der Waals surface area (Å²) < 4.78 is 4.40. The van der Waals surface area contributed by atoms with Crippen molar-refractivity contribution in [3.63, 3.8) is 0 Å². The van der Waals surface area contributed by atoms with Gasteiger partial charge in [-0.1, -0.05) is 0 Å². The van der Waals surface area contributed by atoms with Crippen molar-refractivity contribution in [2.75, 3.05) is 32.8 Å². The molecule has 1 fully saturated rings. The highest BCUT2D eigenvalue weighted by Gasteiger charge is 1.91. The molecule has 1 saturated heterocycles. The van der Waals surface area contributed by atoms with E-state index in [1.165, 1.54) is 6.92 Å². The smallest absolute Gasteiger partial charge is 0.302 e. The SMILES string of the molecule is C1CNCCN1.CCOC(C)=O. The molecule has 0 aromatic carbocycles. The maximum absolute atomic E-state index is 9.82. The van der Waals surface area contributed by atoms with Gasteiger partial charge in [0.1, 0.15) is 0 Å². The van der Waals surface area contributed by atoms with Crippen molar-refractivity contribution in [3.05, 3.63) is 0 Å². The Labute approximate surface area is 73.7 Å². The number of hydrogen-bond donors (Lipinski definition) is 2. The van der Waals surface area contributed by atoms with E-state index in [-0.39, 0.29) is 5.97 Å². The lowest BCUT2D eigenvalue weighted by atomic mass is 10.4. The molecule has 0 bridgehead atoms. The number of carbonyl (C=O) groups is 1. The molecule has 0 unspecified atom stereocenters. The van der Waals surface area contributed by atoms with Crippen LogP contribution in [-0.4, -0.2) is 38.8 Å². The molecule has 0 amide bonds. The fourth-order valence-corrected chi connectivity index (χ4v) is 0.807. The van der Waals surface area contributed by atoms with E-state index < -0.39 is 0 Å². The molecule has 4 heteroatoms. The molecule has 0 spiro atoms. The molecule has 1 aliphatic heterocycles. The molecule has 0 radical (unpaired) electrons. The number of carbonyl (C=O) groups excluding carboxylic acids is 1. The van der Waals surface area contributed by atoms with Crippen molar-refractivity contribution in [1.82, 2.24) is 10.6 Å². The van der Waals surface area contributed by atoms with Crippen LogP contribution in [0.1, 0.15) is 13.8 Å². The maximum Gasteiger partial charge on any atom is 0.302 e. The number of ether oxygens (including phenoxy) is 1. The van der Waals surface area contributed by atoms with Crippen LogP contribution in [-0.2, 0) is 9.53 Å². The van der Waals surface area contributed by atoms with Crippen LogP contribution in [0.2, 0.25) is 0 Å². The normalized spacial score (nSPS) is 15.8. The zero-order valence-corrected chi connectivity index (χ0v) is 7.85. The van der Waals surface area contributed by atoms with Crippen LogP contribution in [0.3, 0.4) is 0 Å². The van der Waals surface area contributed by atoms with Crippen molar-refractivity contribution in [1.29, 1.82) is 0 Å². The Kier molecular flexibility index (Phi) is 8.05. The Morgan fingerprint density at radius 3 is 1.75 bits per heavy atom. The van der Waals surface area contributed by atoms with E-state index in [9.17, 15) is 4.79 Å². The molecule has 2 N–H and O–H groups in total. The molecule has 72 valence electrons. The number of rotatable bonds is 1. The molecule has 0 aromatic heterocycles. The van der Waals surface area contributed by atoms with Gasteiger partial charge in [-0.05, 0) is 6.92 Å². The van der Waals surface area contributed by atoms with E-state index in [0.717, 1.165) is 26.2 Å². The summed E-state index contributed by atoms with van der Waals surface area (Å²) in [6.07, 6.45) is 0. The van der Waals surface area contributed by atoms with Gasteiger partial charge in [0.2, 0.25) is 0 Å². The van der Waals surface area contributed by atoms with E-state index in [2.05, 4.69) is 15.4 Å². The first kappa shape index (κ1) is 11.4. The van der Waals surface area contributed by atoms with Crippen LogP contribution in [0.15, 0.2) is 0 Å². The predicted molar refractivity (Wildman–Crippen MR) is 48.0 cm³/mol. The number of nitrogens with one attached hydrogen (secondary N) is 2. The predicted octanol–water partition coefficient (Wildman–Crippen LogP) is -0.251. The van der Waals surface area contributed by atoms with Crippen LogP contribution in [0, 0.1) is 0 Å². The molecule has 0 atom stereocenters. The van der Waals surface area contributed by atoms with Crippen molar-refractivity contribution in [2.24, 2.45) is 0 Å². The third kappa shape index (κ3) is 9.39. The van der Waals surface area contributed by atoms with Gasteiger partial charge in [-0.25, -0.2) is 0 Å². The summed E-state index contributed by atoms with van der Waals surface area (Å²) in [6, 6.07) is 0. The molecule has 1 aliphatic rings. The standard InChI is InChI=1S/C4H10N2.C4H8O2/c1-2-6-4-3-5-1;1-3-6-4(2)5/h5-6H,1-4H2;3H2,1-2H3. The molecule has 0 aliphatic carbocycles. The second-order valence-corrected chi connectivity index (χ2v) is 2.42. The van der Waals surface area contributed by atoms with Gasteiger partial charge < -0.3 is 15.4 Å². The lowest BCUT2D eigenvalue weighted by molar-refractivity contribution is -0.140. The van der Waals surface area contributed by atoms with Gasteiger partial charge in [-0.2, -0.15) is 0 Å². The lowest BCUT2D eigenvalue weighted by Crippen LogP contribution is -2.39. The van der Waals surface area contributed by atoms with Gasteiger partial charge >= 0.3 is 5.97 Å². The lowest BCUT2D eigenvalue weighted by Gasteiger charge is -2.11. The molecule has 0 aromatic rings. The molecule has 1 heterocycles. The molecule has 0 saturated carbocycles. The molecular weight excluding hydrogens is 156 g/mol. The van der Waals surface area contributed by atoms with Crippen LogP contribution in [0.5, 0.6) is 0 Å². The minimum absolute atomic E-state index is 0.211. The van der Waals surface area contributed by atoms with E-state index >= 15 is 0 Å². The molecule has 12 heavy (non-hydrogen) atoms. The van der Waals surface area contributed by atoms with Crippen molar-refractivity contribution >= 4 is 5.97 Å². The number of hydrogen-bond acceptors (Lipinski definition) is 4. The zero-order valence-electron chi connectivity index (χ0n) is 7.85. The van der Waals surface area contributed by atoms with Gasteiger partial charge in [0.25, 0.3) is 0 Å². The van der Waals surface area contributed by atoms with Gasteiger partial charge in [0, 0.05) is 33.1 Å².